The van der Waals surface area contributed by atoms with E-state index < -0.39 is 0 Å². The molecule has 0 fully saturated rings. The Hall–Kier alpha value is -1.12. The molecule has 0 saturated heterocycles. The van der Waals surface area contributed by atoms with Crippen molar-refractivity contribution in [2.75, 3.05) is 0 Å². The Morgan fingerprint density at radius 2 is 2.18 bits per heavy atom. The molecule has 0 aromatic carbocycles. The maximum atomic E-state index is 11.1. The van der Waals surface area contributed by atoms with Gasteiger partial charge in [-0.05, 0) is 6.92 Å². The first-order valence-corrected chi connectivity index (χ1v) is 3.62. The lowest BCUT2D eigenvalue weighted by Crippen LogP contribution is -1.98. The average Bonchev–Trinajstić information content (AvgIpc) is 2.28. The highest BCUT2D eigenvalue weighted by Gasteiger charge is 2.12. The lowest BCUT2D eigenvalue weighted by atomic mass is 10.2. The van der Waals surface area contributed by atoms with Gasteiger partial charge in [-0.2, -0.15) is 0 Å². The minimum Gasteiger partial charge on any atom is -0.446 e. The van der Waals surface area contributed by atoms with Crippen LogP contribution in [0.2, 0.25) is 0 Å². The molecule has 3 heteroatoms. The molecule has 1 aromatic rings. The Balaban J connectivity index is 3.03. The highest BCUT2D eigenvalue weighted by Crippen LogP contribution is 2.10. The van der Waals surface area contributed by atoms with Gasteiger partial charge in [0.25, 0.3) is 0 Å². The van der Waals surface area contributed by atoms with E-state index >= 15 is 0 Å². The summed E-state index contributed by atoms with van der Waals surface area (Å²) < 4.78 is 5.11. The summed E-state index contributed by atoms with van der Waals surface area (Å²) in [7, 11) is 0. The molecule has 0 aliphatic heterocycles. The van der Waals surface area contributed by atoms with Crippen LogP contribution in [0.15, 0.2) is 4.42 Å². The topological polar surface area (TPSA) is 43.1 Å². The Labute approximate surface area is 65.4 Å². The molecule has 11 heavy (non-hydrogen) atoms. The van der Waals surface area contributed by atoms with Crippen LogP contribution < -0.4 is 0 Å². The zero-order valence-corrected chi connectivity index (χ0v) is 6.97. The van der Waals surface area contributed by atoms with Gasteiger partial charge in [-0.25, -0.2) is 4.98 Å². The number of aryl methyl sites for hydroxylation is 2. The van der Waals surface area contributed by atoms with E-state index in [1.807, 2.05) is 6.92 Å². The Bertz CT molecular complexity index is 276. The second-order valence-corrected chi connectivity index (χ2v) is 2.41. The third-order valence-electron chi connectivity index (χ3n) is 1.49. The van der Waals surface area contributed by atoms with Gasteiger partial charge >= 0.3 is 0 Å². The minimum atomic E-state index is 0.0411. The normalized spacial score (nSPS) is 10.1. The number of ketones is 1. The van der Waals surface area contributed by atoms with Gasteiger partial charge in [-0.3, -0.25) is 4.79 Å². The summed E-state index contributed by atoms with van der Waals surface area (Å²) in [6, 6.07) is 0. The third kappa shape index (κ3) is 1.48. The number of hydrogen-bond acceptors (Lipinski definition) is 3. The predicted molar refractivity (Wildman–Crippen MR) is 40.6 cm³/mol. The minimum absolute atomic E-state index is 0.0411. The quantitative estimate of drug-likeness (QED) is 0.609. The van der Waals surface area contributed by atoms with Crippen molar-refractivity contribution in [1.29, 1.82) is 0 Å². The Kier molecular flexibility index (Phi) is 2.08. The van der Waals surface area contributed by atoms with Gasteiger partial charge in [0.1, 0.15) is 11.5 Å². The van der Waals surface area contributed by atoms with Crippen LogP contribution in [0.5, 0.6) is 0 Å². The van der Waals surface area contributed by atoms with Gasteiger partial charge in [-0.1, -0.05) is 6.92 Å². The van der Waals surface area contributed by atoms with E-state index in [4.69, 9.17) is 4.42 Å². The number of aromatic nitrogens is 1. The summed E-state index contributed by atoms with van der Waals surface area (Å²) in [5.74, 6) is 1.22. The largest absolute Gasteiger partial charge is 0.446 e. The highest BCUT2D eigenvalue weighted by atomic mass is 16.4. The smallest absolute Gasteiger partial charge is 0.191 e. The fraction of sp³-hybridized carbons (Fsp3) is 0.500. The van der Waals surface area contributed by atoms with E-state index in [1.165, 1.54) is 0 Å². The maximum absolute atomic E-state index is 11.1. The fourth-order valence-corrected chi connectivity index (χ4v) is 0.955. The van der Waals surface area contributed by atoms with E-state index in [2.05, 4.69) is 4.98 Å². The molecule has 0 amide bonds. The van der Waals surface area contributed by atoms with Crippen LogP contribution in [-0.2, 0) is 0 Å². The van der Waals surface area contributed by atoms with Crippen LogP contribution in [0.4, 0.5) is 0 Å². The van der Waals surface area contributed by atoms with Gasteiger partial charge in [0.15, 0.2) is 11.7 Å². The number of oxazole rings is 1. The molecule has 1 aromatic heterocycles. The van der Waals surface area contributed by atoms with E-state index in [0.29, 0.717) is 23.8 Å². The molecule has 3 nitrogen and oxygen atoms in total. The summed E-state index contributed by atoms with van der Waals surface area (Å²) in [5.41, 5.74) is 0.477. The highest BCUT2D eigenvalue weighted by molar-refractivity contribution is 5.94. The molecule has 1 rings (SSSR count). The number of rotatable bonds is 2. The molecule has 0 saturated carbocycles. The second-order valence-electron chi connectivity index (χ2n) is 2.41. The van der Waals surface area contributed by atoms with Crippen molar-refractivity contribution in [1.82, 2.24) is 4.98 Å². The third-order valence-corrected chi connectivity index (χ3v) is 1.49. The van der Waals surface area contributed by atoms with Crippen molar-refractivity contribution in [3.63, 3.8) is 0 Å². The van der Waals surface area contributed by atoms with Crippen LogP contribution in [0.3, 0.4) is 0 Å². The van der Waals surface area contributed by atoms with Crippen molar-refractivity contribution in [2.24, 2.45) is 0 Å². The van der Waals surface area contributed by atoms with Crippen LogP contribution >= 0.6 is 0 Å². The summed E-state index contributed by atoms with van der Waals surface area (Å²) in [6.45, 7) is 5.30. The van der Waals surface area contributed by atoms with E-state index in [0.717, 1.165) is 0 Å². The zero-order valence-electron chi connectivity index (χ0n) is 6.97. The zero-order chi connectivity index (χ0) is 8.43. The Morgan fingerprint density at radius 3 is 2.55 bits per heavy atom. The molecule has 0 unspecified atom stereocenters. The summed E-state index contributed by atoms with van der Waals surface area (Å²) >= 11 is 0. The van der Waals surface area contributed by atoms with Crippen molar-refractivity contribution in [3.05, 3.63) is 17.3 Å². The monoisotopic (exact) mass is 153 g/mol. The summed E-state index contributed by atoms with van der Waals surface area (Å²) in [5, 5.41) is 0. The Morgan fingerprint density at radius 1 is 1.55 bits per heavy atom. The average molecular weight is 153 g/mol. The van der Waals surface area contributed by atoms with E-state index in [1.54, 1.807) is 13.8 Å². The predicted octanol–water partition coefficient (Wildman–Crippen LogP) is 1.88. The molecule has 0 spiro atoms. The number of nitrogens with zero attached hydrogens (tertiary/aromatic N) is 1. The fourth-order valence-electron chi connectivity index (χ4n) is 0.955. The second kappa shape index (κ2) is 2.86. The first kappa shape index (κ1) is 7.98. The summed E-state index contributed by atoms with van der Waals surface area (Å²) in [4.78, 5) is 15.1. The van der Waals surface area contributed by atoms with Gasteiger partial charge in [-0.15, -0.1) is 0 Å². The first-order chi connectivity index (χ1) is 5.15. The molecular formula is C8H11NO2. The molecule has 1 heterocycles. The molecular weight excluding hydrogens is 142 g/mol. The van der Waals surface area contributed by atoms with Crippen molar-refractivity contribution in [3.8, 4) is 0 Å². The molecule has 60 valence electrons. The number of carbonyl (C=O) groups is 1. The maximum Gasteiger partial charge on any atom is 0.191 e. The molecule has 0 bridgehead atoms. The molecule has 0 N–H and O–H groups in total. The van der Waals surface area contributed by atoms with Gasteiger partial charge in [0.2, 0.25) is 0 Å². The molecule has 0 aliphatic carbocycles. The lowest BCUT2D eigenvalue weighted by molar-refractivity contribution is 0.0982. The standard InChI is InChI=1S/C8H11NO2/c1-4-7(10)8-5(2)11-6(3)9-8/h4H2,1-3H3. The lowest BCUT2D eigenvalue weighted by Gasteiger charge is -1.89. The number of hydrogen-bond donors (Lipinski definition) is 0. The van der Waals surface area contributed by atoms with Gasteiger partial charge in [0, 0.05) is 13.3 Å². The number of Topliss-reactive ketones (excluding diaryl/α,β-unsaturated/α-hetero) is 1. The molecule has 0 atom stereocenters. The number of carbonyl (C=O) groups excluding carboxylic acids is 1. The van der Waals surface area contributed by atoms with E-state index in [-0.39, 0.29) is 5.78 Å². The van der Waals surface area contributed by atoms with Gasteiger partial charge in [0.05, 0.1) is 0 Å². The van der Waals surface area contributed by atoms with Crippen LogP contribution in [0.25, 0.3) is 0 Å². The van der Waals surface area contributed by atoms with E-state index in [9.17, 15) is 4.79 Å². The van der Waals surface area contributed by atoms with Crippen molar-refractivity contribution in [2.45, 2.75) is 27.2 Å². The molecule has 0 aliphatic rings. The first-order valence-electron chi connectivity index (χ1n) is 3.62. The van der Waals surface area contributed by atoms with Crippen LogP contribution in [-0.4, -0.2) is 10.8 Å². The van der Waals surface area contributed by atoms with Crippen molar-refractivity contribution < 1.29 is 9.21 Å². The SMILES string of the molecule is CCC(=O)c1nc(C)oc1C. The van der Waals surface area contributed by atoms with Crippen molar-refractivity contribution >= 4 is 5.78 Å². The van der Waals surface area contributed by atoms with Gasteiger partial charge < -0.3 is 4.42 Å². The molecule has 0 radical (unpaired) electrons. The van der Waals surface area contributed by atoms with Crippen LogP contribution in [0, 0.1) is 13.8 Å². The van der Waals surface area contributed by atoms with Crippen LogP contribution in [0.1, 0.15) is 35.5 Å². The summed E-state index contributed by atoms with van der Waals surface area (Å²) in [6.07, 6.45) is 0.479.